The summed E-state index contributed by atoms with van der Waals surface area (Å²) < 4.78 is 5.15. The minimum atomic E-state index is -0.637. The first-order chi connectivity index (χ1) is 13.2. The molecule has 1 atom stereocenters. The van der Waals surface area contributed by atoms with Gasteiger partial charge < -0.3 is 20.6 Å². The molecule has 0 aliphatic rings. The summed E-state index contributed by atoms with van der Waals surface area (Å²) in [6.45, 7) is 15.2. The Morgan fingerprint density at radius 2 is 1.64 bits per heavy atom. The Morgan fingerprint density at radius 3 is 2.11 bits per heavy atom. The first kappa shape index (κ1) is 27.7. The molecule has 0 aliphatic carbocycles. The van der Waals surface area contributed by atoms with Gasteiger partial charge in [0.15, 0.2) is 0 Å². The van der Waals surface area contributed by atoms with Crippen molar-refractivity contribution in [2.24, 2.45) is 5.73 Å². The first-order valence-electron chi connectivity index (χ1n) is 9.84. The van der Waals surface area contributed by atoms with E-state index in [9.17, 15) is 9.59 Å². The smallest absolute Gasteiger partial charge is 0.408 e. The van der Waals surface area contributed by atoms with Crippen LogP contribution in [0.2, 0.25) is 0 Å². The van der Waals surface area contributed by atoms with Crippen LogP contribution in [0.5, 0.6) is 0 Å². The minimum absolute atomic E-state index is 0.390. The largest absolute Gasteiger partial charge is 0.444 e. The number of nitrogens with one attached hydrogen (secondary N) is 1. The van der Waals surface area contributed by atoms with E-state index in [1.54, 1.807) is 26.8 Å². The monoisotopic (exact) mass is 390 g/mol. The maximum Gasteiger partial charge on any atom is 0.408 e. The van der Waals surface area contributed by atoms with E-state index in [1.807, 2.05) is 71.0 Å². The molecule has 0 heterocycles. The topological polar surface area (TPSA) is 81.4 Å². The first-order valence-corrected chi connectivity index (χ1v) is 9.84. The molecule has 28 heavy (non-hydrogen) atoms. The molecule has 1 rings (SSSR count). The van der Waals surface area contributed by atoms with Gasteiger partial charge in [-0.2, -0.15) is 0 Å². The third kappa shape index (κ3) is 13.6. The molecule has 5 heteroatoms. The molecule has 0 bridgehead atoms. The molecular formula is C23H38N2O3. The number of carbonyl (C=O) groups is 2. The van der Waals surface area contributed by atoms with Crippen LogP contribution in [0.3, 0.4) is 0 Å². The average molecular weight is 391 g/mol. The summed E-state index contributed by atoms with van der Waals surface area (Å²) in [6.07, 6.45) is 4.12. The van der Waals surface area contributed by atoms with Gasteiger partial charge in [0, 0.05) is 5.70 Å². The highest BCUT2D eigenvalue weighted by Crippen LogP contribution is 2.11. The van der Waals surface area contributed by atoms with Crippen LogP contribution < -0.4 is 11.1 Å². The minimum Gasteiger partial charge on any atom is -0.444 e. The quantitative estimate of drug-likeness (QED) is 0.499. The summed E-state index contributed by atoms with van der Waals surface area (Å²) >= 11 is 0. The zero-order chi connectivity index (χ0) is 22.2. The third-order valence-corrected chi connectivity index (χ3v) is 3.06. The summed E-state index contributed by atoms with van der Waals surface area (Å²) in [5.41, 5.74) is 7.90. The number of aldehydes is 1. The number of amides is 1. The zero-order valence-electron chi connectivity index (χ0n) is 18.7. The Balaban J connectivity index is 0. The van der Waals surface area contributed by atoms with Gasteiger partial charge in [0.25, 0.3) is 0 Å². The number of hydrogen-bond donors (Lipinski definition) is 2. The van der Waals surface area contributed by atoms with Gasteiger partial charge in [-0.25, -0.2) is 4.79 Å². The zero-order valence-corrected chi connectivity index (χ0v) is 18.7. The molecule has 0 spiro atoms. The summed E-state index contributed by atoms with van der Waals surface area (Å²) in [4.78, 5) is 22.9. The number of hydrogen-bond acceptors (Lipinski definition) is 4. The van der Waals surface area contributed by atoms with Crippen LogP contribution in [-0.4, -0.2) is 24.0 Å². The Bertz CT molecular complexity index is 614. The highest BCUT2D eigenvalue weighted by atomic mass is 16.6. The second-order valence-corrected chi connectivity index (χ2v) is 6.59. The summed E-state index contributed by atoms with van der Waals surface area (Å²) in [5, 5.41) is 2.55. The Morgan fingerprint density at radius 1 is 1.11 bits per heavy atom. The summed E-state index contributed by atoms with van der Waals surface area (Å²) in [5.74, 6) is 0. The van der Waals surface area contributed by atoms with Crippen LogP contribution in [0.4, 0.5) is 4.79 Å². The second-order valence-electron chi connectivity index (χ2n) is 6.59. The number of rotatable bonds is 6. The molecule has 0 fully saturated rings. The van der Waals surface area contributed by atoms with Gasteiger partial charge >= 0.3 is 6.09 Å². The van der Waals surface area contributed by atoms with E-state index in [4.69, 9.17) is 10.5 Å². The van der Waals surface area contributed by atoms with Gasteiger partial charge in [-0.15, -0.1) is 0 Å². The molecule has 1 aromatic carbocycles. The average Bonchev–Trinajstić information content (AvgIpc) is 2.68. The van der Waals surface area contributed by atoms with Crippen molar-refractivity contribution in [2.75, 3.05) is 0 Å². The second kappa shape index (κ2) is 15.5. The Labute approximate surface area is 171 Å². The molecule has 3 N–H and O–H groups in total. The molecule has 1 unspecified atom stereocenters. The van der Waals surface area contributed by atoms with Crippen LogP contribution >= 0.6 is 0 Å². The standard InChI is InChI=1S/C19H26N2O3.2C2H6/c1-14(10-11-17(20)15-8-6-5-7-9-15)12-16(13-22)21-18(23)24-19(2,3)4;2*1-2/h5-11,13,16H,12,20H2,1-4H3,(H,21,23);2*1-2H3/b14-10+,17-11-;;. The number of carbonyl (C=O) groups excluding carboxylic acids is 2. The third-order valence-electron chi connectivity index (χ3n) is 3.06. The molecule has 0 aliphatic heterocycles. The Hall–Kier alpha value is -2.56. The van der Waals surface area contributed by atoms with Gasteiger partial charge in [-0.05, 0) is 45.8 Å². The maximum atomic E-state index is 11.7. The number of ether oxygens (including phenoxy) is 1. The molecule has 1 amide bonds. The van der Waals surface area contributed by atoms with Gasteiger partial charge in [-0.1, -0.05) is 69.7 Å². The Kier molecular flexibility index (Phi) is 15.3. The SMILES string of the molecule is C/C(=C\C=C(/N)c1ccccc1)CC(C=O)NC(=O)OC(C)(C)C.CC.CC. The van der Waals surface area contributed by atoms with Crippen molar-refractivity contribution in [3.63, 3.8) is 0 Å². The van der Waals surface area contributed by atoms with E-state index in [2.05, 4.69) is 5.32 Å². The van der Waals surface area contributed by atoms with Crippen LogP contribution in [0, 0.1) is 0 Å². The fourth-order valence-electron chi connectivity index (χ4n) is 1.97. The van der Waals surface area contributed by atoms with E-state index >= 15 is 0 Å². The number of alkyl carbamates (subject to hydrolysis) is 1. The van der Waals surface area contributed by atoms with E-state index in [0.29, 0.717) is 18.4 Å². The fourth-order valence-corrected chi connectivity index (χ4v) is 1.97. The van der Waals surface area contributed by atoms with E-state index in [1.165, 1.54) is 0 Å². The molecule has 5 nitrogen and oxygen atoms in total. The summed E-state index contributed by atoms with van der Waals surface area (Å²) in [6, 6.07) is 8.97. The highest BCUT2D eigenvalue weighted by molar-refractivity contribution is 5.73. The molecule has 1 aromatic rings. The van der Waals surface area contributed by atoms with Crippen molar-refractivity contribution >= 4 is 18.1 Å². The predicted octanol–water partition coefficient (Wildman–Crippen LogP) is 5.47. The van der Waals surface area contributed by atoms with Crippen molar-refractivity contribution < 1.29 is 14.3 Å². The van der Waals surface area contributed by atoms with Gasteiger partial charge in [-0.3, -0.25) is 0 Å². The molecule has 0 radical (unpaired) electrons. The lowest BCUT2D eigenvalue weighted by Gasteiger charge is -2.21. The molecule has 0 saturated carbocycles. The van der Waals surface area contributed by atoms with Crippen molar-refractivity contribution in [3.8, 4) is 0 Å². The van der Waals surface area contributed by atoms with Crippen LogP contribution in [0.1, 0.15) is 67.4 Å². The molecule has 0 aromatic heterocycles. The molecule has 158 valence electrons. The van der Waals surface area contributed by atoms with Crippen molar-refractivity contribution in [2.45, 2.75) is 73.5 Å². The number of nitrogens with two attached hydrogens (primary N) is 1. The van der Waals surface area contributed by atoms with Crippen LogP contribution in [0.25, 0.3) is 5.70 Å². The van der Waals surface area contributed by atoms with Gasteiger partial charge in [0.1, 0.15) is 11.9 Å². The lowest BCUT2D eigenvalue weighted by atomic mass is 10.1. The number of benzene rings is 1. The lowest BCUT2D eigenvalue weighted by molar-refractivity contribution is -0.109. The number of allylic oxidation sites excluding steroid dienone is 2. The predicted molar refractivity (Wildman–Crippen MR) is 119 cm³/mol. The van der Waals surface area contributed by atoms with Crippen LogP contribution in [0.15, 0.2) is 48.1 Å². The molecule has 0 saturated heterocycles. The van der Waals surface area contributed by atoms with Crippen molar-refractivity contribution in [1.82, 2.24) is 5.32 Å². The van der Waals surface area contributed by atoms with E-state index < -0.39 is 17.7 Å². The van der Waals surface area contributed by atoms with E-state index in [0.717, 1.165) is 11.1 Å². The molecular weight excluding hydrogens is 352 g/mol. The van der Waals surface area contributed by atoms with Gasteiger partial charge in [0.2, 0.25) is 0 Å². The maximum absolute atomic E-state index is 11.7. The summed E-state index contributed by atoms with van der Waals surface area (Å²) in [7, 11) is 0. The van der Waals surface area contributed by atoms with Crippen molar-refractivity contribution in [3.05, 3.63) is 53.6 Å². The van der Waals surface area contributed by atoms with Crippen LogP contribution in [-0.2, 0) is 9.53 Å². The fraction of sp³-hybridized carbons (Fsp3) is 0.478. The van der Waals surface area contributed by atoms with Crippen molar-refractivity contribution in [1.29, 1.82) is 0 Å². The lowest BCUT2D eigenvalue weighted by Crippen LogP contribution is -2.40. The van der Waals surface area contributed by atoms with E-state index in [-0.39, 0.29) is 0 Å². The van der Waals surface area contributed by atoms with Gasteiger partial charge in [0.05, 0.1) is 6.04 Å². The highest BCUT2D eigenvalue weighted by Gasteiger charge is 2.19. The normalized spacial score (nSPS) is 12.4.